The van der Waals surface area contributed by atoms with Gasteiger partial charge in [-0.15, -0.1) is 0 Å². The first-order valence-electron chi connectivity index (χ1n) is 10.1. The standard InChI is InChI=1S/C23H26FNO4S/c1-30(28)21-13-9-18(10-14-21)23(27)29-16-22(26)25(20-5-3-2-4-6-20)15-17-7-11-19(24)12-8-17/h7-14,20H,2-6,15-16H2,1H3. The summed E-state index contributed by atoms with van der Waals surface area (Å²) in [5.41, 5.74) is 1.14. The molecule has 2 aromatic rings. The van der Waals surface area contributed by atoms with Crippen molar-refractivity contribution < 1.29 is 22.9 Å². The van der Waals surface area contributed by atoms with Gasteiger partial charge in [-0.3, -0.25) is 9.00 Å². The second kappa shape index (κ2) is 10.5. The smallest absolute Gasteiger partial charge is 0.338 e. The maximum absolute atomic E-state index is 13.2. The zero-order chi connectivity index (χ0) is 21.5. The van der Waals surface area contributed by atoms with E-state index in [1.54, 1.807) is 47.6 Å². The summed E-state index contributed by atoms with van der Waals surface area (Å²) >= 11 is 0. The molecule has 0 radical (unpaired) electrons. The Labute approximate surface area is 178 Å². The minimum atomic E-state index is -1.13. The van der Waals surface area contributed by atoms with Gasteiger partial charge in [-0.2, -0.15) is 0 Å². The molecule has 1 unspecified atom stereocenters. The van der Waals surface area contributed by atoms with Gasteiger partial charge in [0.25, 0.3) is 5.91 Å². The summed E-state index contributed by atoms with van der Waals surface area (Å²) < 4.78 is 29.9. The number of carbonyl (C=O) groups excluding carboxylic acids is 2. The monoisotopic (exact) mass is 431 g/mol. The van der Waals surface area contributed by atoms with Gasteiger partial charge in [0.05, 0.1) is 5.56 Å². The average molecular weight is 432 g/mol. The Morgan fingerprint density at radius 3 is 2.27 bits per heavy atom. The van der Waals surface area contributed by atoms with E-state index in [0.29, 0.717) is 17.0 Å². The van der Waals surface area contributed by atoms with Crippen LogP contribution in [0.25, 0.3) is 0 Å². The first-order valence-corrected chi connectivity index (χ1v) is 11.6. The third kappa shape index (κ3) is 5.98. The number of carbonyl (C=O) groups is 2. The minimum Gasteiger partial charge on any atom is -0.452 e. The van der Waals surface area contributed by atoms with Crippen molar-refractivity contribution in [3.05, 3.63) is 65.5 Å². The molecule has 0 bridgehead atoms. The summed E-state index contributed by atoms with van der Waals surface area (Å²) in [7, 11) is -1.13. The largest absolute Gasteiger partial charge is 0.452 e. The van der Waals surface area contributed by atoms with E-state index >= 15 is 0 Å². The van der Waals surface area contributed by atoms with Crippen LogP contribution in [-0.2, 0) is 26.9 Å². The number of benzene rings is 2. The van der Waals surface area contributed by atoms with Crippen LogP contribution in [0.4, 0.5) is 4.39 Å². The molecule has 0 heterocycles. The van der Waals surface area contributed by atoms with Crippen molar-refractivity contribution in [2.75, 3.05) is 12.9 Å². The van der Waals surface area contributed by atoms with Crippen LogP contribution in [0.3, 0.4) is 0 Å². The third-order valence-corrected chi connectivity index (χ3v) is 6.29. The van der Waals surface area contributed by atoms with E-state index in [4.69, 9.17) is 4.74 Å². The summed E-state index contributed by atoms with van der Waals surface area (Å²) in [5, 5.41) is 0. The summed E-state index contributed by atoms with van der Waals surface area (Å²) in [6, 6.07) is 12.5. The Balaban J connectivity index is 1.65. The highest BCUT2D eigenvalue weighted by molar-refractivity contribution is 7.84. The normalized spacial score (nSPS) is 15.4. The number of rotatable bonds is 7. The lowest BCUT2D eigenvalue weighted by Crippen LogP contribution is -2.43. The van der Waals surface area contributed by atoms with E-state index in [9.17, 15) is 18.2 Å². The quantitative estimate of drug-likeness (QED) is 0.620. The molecule has 0 N–H and O–H groups in total. The average Bonchev–Trinajstić information content (AvgIpc) is 2.77. The topological polar surface area (TPSA) is 63.7 Å². The SMILES string of the molecule is CS(=O)c1ccc(C(=O)OCC(=O)N(Cc2ccc(F)cc2)C2CCCCC2)cc1. The van der Waals surface area contributed by atoms with Crippen LogP contribution < -0.4 is 0 Å². The fraction of sp³-hybridized carbons (Fsp3) is 0.391. The van der Waals surface area contributed by atoms with Crippen LogP contribution >= 0.6 is 0 Å². The number of hydrogen-bond acceptors (Lipinski definition) is 4. The Hall–Kier alpha value is -2.54. The molecule has 160 valence electrons. The van der Waals surface area contributed by atoms with Crippen molar-refractivity contribution in [1.29, 1.82) is 0 Å². The van der Waals surface area contributed by atoms with Gasteiger partial charge >= 0.3 is 5.97 Å². The lowest BCUT2D eigenvalue weighted by atomic mass is 9.93. The maximum atomic E-state index is 13.2. The first kappa shape index (κ1) is 22.2. The molecule has 7 heteroatoms. The fourth-order valence-electron chi connectivity index (χ4n) is 3.68. The van der Waals surface area contributed by atoms with Crippen LogP contribution in [0, 0.1) is 5.82 Å². The molecule has 0 aliphatic heterocycles. The van der Waals surface area contributed by atoms with Crippen molar-refractivity contribution in [1.82, 2.24) is 4.90 Å². The Kier molecular flexibility index (Phi) is 7.74. The summed E-state index contributed by atoms with van der Waals surface area (Å²) in [5.74, 6) is -1.17. The van der Waals surface area contributed by atoms with Crippen molar-refractivity contribution in [2.45, 2.75) is 49.6 Å². The van der Waals surface area contributed by atoms with Crippen molar-refractivity contribution in [3.8, 4) is 0 Å². The molecule has 1 saturated carbocycles. The minimum absolute atomic E-state index is 0.0915. The van der Waals surface area contributed by atoms with Gasteiger partial charge < -0.3 is 9.64 Å². The first-order chi connectivity index (χ1) is 14.4. The van der Waals surface area contributed by atoms with Gasteiger partial charge in [0.1, 0.15) is 5.82 Å². The molecule has 1 aliphatic rings. The Bertz CT molecular complexity index is 892. The Morgan fingerprint density at radius 2 is 1.67 bits per heavy atom. The second-order valence-corrected chi connectivity index (χ2v) is 8.87. The summed E-state index contributed by atoms with van der Waals surface area (Å²) in [6.07, 6.45) is 6.66. The van der Waals surface area contributed by atoms with Gasteiger partial charge in [0.15, 0.2) is 6.61 Å². The number of halogens is 1. The molecule has 1 atom stereocenters. The van der Waals surface area contributed by atoms with Gasteiger partial charge in [0.2, 0.25) is 0 Å². The van der Waals surface area contributed by atoms with Crippen molar-refractivity contribution >= 4 is 22.7 Å². The molecule has 0 spiro atoms. The van der Waals surface area contributed by atoms with Crippen LogP contribution in [0.1, 0.15) is 48.0 Å². The molecule has 0 saturated heterocycles. The summed E-state index contributed by atoms with van der Waals surface area (Å²) in [6.45, 7) is 0.0102. The van der Waals surface area contributed by atoms with E-state index in [2.05, 4.69) is 0 Å². The molecule has 0 aromatic heterocycles. The highest BCUT2D eigenvalue weighted by Crippen LogP contribution is 2.24. The molecule has 3 rings (SSSR count). The summed E-state index contributed by atoms with van der Waals surface area (Å²) in [4.78, 5) is 27.6. The number of nitrogens with zero attached hydrogens (tertiary/aromatic N) is 1. The van der Waals surface area contributed by atoms with E-state index in [1.165, 1.54) is 12.1 Å². The van der Waals surface area contributed by atoms with Gasteiger partial charge in [-0.1, -0.05) is 31.4 Å². The molecule has 1 amide bonds. The molecule has 2 aromatic carbocycles. The van der Waals surface area contributed by atoms with E-state index in [-0.39, 0.29) is 24.4 Å². The molecular weight excluding hydrogens is 405 g/mol. The number of hydrogen-bond donors (Lipinski definition) is 0. The number of esters is 1. The van der Waals surface area contributed by atoms with Gasteiger partial charge in [-0.05, 0) is 54.8 Å². The Morgan fingerprint density at radius 1 is 1.03 bits per heavy atom. The van der Waals surface area contributed by atoms with Crippen molar-refractivity contribution in [2.24, 2.45) is 0 Å². The van der Waals surface area contributed by atoms with Crippen LogP contribution in [-0.4, -0.2) is 39.9 Å². The van der Waals surface area contributed by atoms with E-state index < -0.39 is 16.8 Å². The van der Waals surface area contributed by atoms with Gasteiger partial charge in [-0.25, -0.2) is 9.18 Å². The predicted octanol–water partition coefficient (Wildman–Crippen LogP) is 4.08. The molecule has 5 nitrogen and oxygen atoms in total. The molecule has 1 aliphatic carbocycles. The third-order valence-electron chi connectivity index (χ3n) is 5.35. The van der Waals surface area contributed by atoms with Crippen molar-refractivity contribution in [3.63, 3.8) is 0 Å². The predicted molar refractivity (Wildman–Crippen MR) is 113 cm³/mol. The van der Waals surface area contributed by atoms with Crippen LogP contribution in [0.5, 0.6) is 0 Å². The van der Waals surface area contributed by atoms with E-state index in [0.717, 1.165) is 37.7 Å². The zero-order valence-corrected chi connectivity index (χ0v) is 17.8. The molecule has 30 heavy (non-hydrogen) atoms. The zero-order valence-electron chi connectivity index (χ0n) is 17.0. The number of ether oxygens (including phenoxy) is 1. The van der Waals surface area contributed by atoms with Crippen LogP contribution in [0.15, 0.2) is 53.4 Å². The maximum Gasteiger partial charge on any atom is 0.338 e. The highest BCUT2D eigenvalue weighted by atomic mass is 32.2. The van der Waals surface area contributed by atoms with Gasteiger partial charge in [0, 0.05) is 34.5 Å². The molecule has 1 fully saturated rings. The van der Waals surface area contributed by atoms with Crippen LogP contribution in [0.2, 0.25) is 0 Å². The lowest BCUT2D eigenvalue weighted by Gasteiger charge is -2.34. The fourth-order valence-corrected chi connectivity index (χ4v) is 4.20. The second-order valence-electron chi connectivity index (χ2n) is 7.49. The lowest BCUT2D eigenvalue weighted by molar-refractivity contribution is -0.138. The highest BCUT2D eigenvalue weighted by Gasteiger charge is 2.26. The van der Waals surface area contributed by atoms with E-state index in [1.807, 2.05) is 0 Å². The number of amides is 1. The molecular formula is C23H26FNO4S.